The summed E-state index contributed by atoms with van der Waals surface area (Å²) in [6.45, 7) is -1.38. The quantitative estimate of drug-likeness (QED) is 0.283. The number of carboxylic acids is 1. The maximum Gasteiger partial charge on any atom is 0.522 e. The second-order valence-corrected chi connectivity index (χ2v) is 10.9. The van der Waals surface area contributed by atoms with Gasteiger partial charge in [-0.05, 0) is 0 Å². The van der Waals surface area contributed by atoms with Crippen LogP contribution in [0.25, 0.3) is 0 Å². The summed E-state index contributed by atoms with van der Waals surface area (Å²) in [4.78, 5) is 19.0. The van der Waals surface area contributed by atoms with Gasteiger partial charge in [0.15, 0.2) is 0 Å². The molecule has 0 spiro atoms. The van der Waals surface area contributed by atoms with Gasteiger partial charge in [0.05, 0.1) is 13.0 Å². The first-order valence-corrected chi connectivity index (χ1v) is 13.2. The third kappa shape index (κ3) is 18.2. The number of halogens is 22. The van der Waals surface area contributed by atoms with Crippen LogP contribution in [0.1, 0.15) is 6.42 Å². The number of hydrogen-bond donors (Lipinski definition) is 1. The summed E-state index contributed by atoms with van der Waals surface area (Å²) < 4.78 is 309. The van der Waals surface area contributed by atoms with Gasteiger partial charge in [-0.1, -0.05) is 0 Å². The predicted molar refractivity (Wildman–Crippen MR) is 101 cm³/mol. The molecule has 294 valence electrons. The molecule has 0 radical (unpaired) electrons. The molecule has 0 aliphatic carbocycles. The molecule has 0 aliphatic rings. The fraction of sp³-hybridized carbons (Fsp3) is 0.833. The van der Waals surface area contributed by atoms with Gasteiger partial charge < -0.3 is 10.6 Å². The van der Waals surface area contributed by atoms with Crippen molar-refractivity contribution in [2.75, 3.05) is 6.61 Å². The van der Waals surface area contributed by atoms with E-state index in [0.29, 0.717) is 0 Å². The number of alkyl halides is 18. The Balaban J connectivity index is -0.000000171. The predicted octanol–water partition coefficient (Wildman–Crippen LogP) is 4.40. The number of ether oxygens (including phenoxy) is 1. The Morgan fingerprint density at radius 3 is 0.979 bits per heavy atom. The van der Waals surface area contributed by atoms with Gasteiger partial charge in [0.25, 0.3) is 0 Å². The van der Waals surface area contributed by atoms with E-state index in [1.807, 2.05) is 0 Å². The molecule has 0 saturated carbocycles. The standard InChI is InChI=1S/C4H4F6O.C3F6O3S.C3HF5O4S.C2HF5O2S.H2O/c5-3(6,7)1-2-11-4(8,9)10;4-1(10)2(5,3(6,7)8)13(9,11)12;4-2(1(9)10,3(5,6)7)13(8,11)12;3-1(2(4,5)6)10(7,8)9;/h1-2H2;;(H,9,10);1H;1H2. The van der Waals surface area contributed by atoms with Crippen molar-refractivity contribution in [3.8, 4) is 0 Å². The molecule has 0 fully saturated rings. The lowest BCUT2D eigenvalue weighted by molar-refractivity contribution is -0.329. The van der Waals surface area contributed by atoms with Crippen LogP contribution in [0.3, 0.4) is 0 Å². The van der Waals surface area contributed by atoms with Crippen molar-refractivity contribution < 1.29 is 145 Å². The van der Waals surface area contributed by atoms with Crippen LogP contribution < -0.4 is 0 Å². The van der Waals surface area contributed by atoms with E-state index in [1.165, 1.54) is 0 Å². The van der Waals surface area contributed by atoms with Gasteiger partial charge in [0, 0.05) is 0 Å². The summed E-state index contributed by atoms with van der Waals surface area (Å²) in [5.74, 6) is -3.47. The van der Waals surface area contributed by atoms with Crippen molar-refractivity contribution in [1.82, 2.24) is 0 Å². The largest absolute Gasteiger partial charge is 0.522 e. The SMILES string of the molecule is FC(F)(F)CCOC(F)(F)F.O.O=C(F)C(F)(C(F)(F)F)S(=O)(=O)F.O=C(O)C(F)(C(F)(F)F)S(=O)(=O)F.O=S(=O)(F)C(F)C(F)(F)F. The summed E-state index contributed by atoms with van der Waals surface area (Å²) in [7, 11) is -20.1. The molecule has 0 aromatic carbocycles. The summed E-state index contributed by atoms with van der Waals surface area (Å²) in [6, 6.07) is -3.97. The van der Waals surface area contributed by atoms with Crippen molar-refractivity contribution in [2.45, 2.75) is 53.0 Å². The van der Waals surface area contributed by atoms with Crippen molar-refractivity contribution >= 4 is 42.7 Å². The highest BCUT2D eigenvalue weighted by molar-refractivity contribution is 7.88. The molecule has 3 atom stereocenters. The molecular formula is C12H8F22O11S3. The lowest BCUT2D eigenvalue weighted by Gasteiger charge is -2.18. The van der Waals surface area contributed by atoms with Crippen LogP contribution >= 0.6 is 0 Å². The average molecular weight is 842 g/mol. The van der Waals surface area contributed by atoms with Crippen LogP contribution in [0, 0.1) is 0 Å². The number of carbonyl (C=O) groups excluding carboxylic acids is 1. The smallest absolute Gasteiger partial charge is 0.478 e. The monoisotopic (exact) mass is 842 g/mol. The molecule has 3 N–H and O–H groups in total. The van der Waals surface area contributed by atoms with Gasteiger partial charge in [-0.15, -0.1) is 24.8 Å². The van der Waals surface area contributed by atoms with Crippen LogP contribution in [0.15, 0.2) is 0 Å². The Morgan fingerprint density at radius 1 is 0.625 bits per heavy atom. The topological polar surface area (TPSA) is 198 Å². The second-order valence-electron chi connectivity index (χ2n) is 6.63. The third-order valence-corrected chi connectivity index (χ3v) is 5.99. The van der Waals surface area contributed by atoms with Crippen molar-refractivity contribution in [2.24, 2.45) is 0 Å². The van der Waals surface area contributed by atoms with Gasteiger partial charge in [-0.2, -0.15) is 82.3 Å². The molecule has 0 bridgehead atoms. The van der Waals surface area contributed by atoms with E-state index in [-0.39, 0.29) is 5.48 Å². The van der Waals surface area contributed by atoms with E-state index in [4.69, 9.17) is 5.11 Å². The molecule has 0 aromatic heterocycles. The fourth-order valence-electron chi connectivity index (χ4n) is 1.15. The summed E-state index contributed by atoms with van der Waals surface area (Å²) in [6.07, 6.45) is -29.7. The molecular weight excluding hydrogens is 834 g/mol. The lowest BCUT2D eigenvalue weighted by Crippen LogP contribution is -2.52. The molecule has 0 aliphatic heterocycles. The highest BCUT2D eigenvalue weighted by atomic mass is 32.3. The zero-order valence-corrected chi connectivity index (χ0v) is 23.1. The molecule has 0 rings (SSSR count). The molecule has 0 amide bonds. The fourth-order valence-corrected chi connectivity index (χ4v) is 2.42. The maximum absolute atomic E-state index is 12.2. The molecule has 0 saturated heterocycles. The Labute approximate surface area is 248 Å². The van der Waals surface area contributed by atoms with Crippen LogP contribution in [0.5, 0.6) is 0 Å². The minimum Gasteiger partial charge on any atom is -0.478 e. The second kappa shape index (κ2) is 17.3. The zero-order valence-electron chi connectivity index (χ0n) is 20.7. The molecule has 0 aromatic rings. The van der Waals surface area contributed by atoms with Gasteiger partial charge in [0.1, 0.15) is 0 Å². The van der Waals surface area contributed by atoms with E-state index >= 15 is 0 Å². The average Bonchev–Trinajstić information content (AvgIpc) is 2.72. The Hall–Kier alpha value is -2.63. The van der Waals surface area contributed by atoms with Gasteiger partial charge in [0.2, 0.25) is 0 Å². The zero-order chi connectivity index (χ0) is 39.9. The summed E-state index contributed by atoms with van der Waals surface area (Å²) in [5, 5.41) is -4.44. The molecule has 48 heavy (non-hydrogen) atoms. The lowest BCUT2D eigenvalue weighted by atomic mass is 10.4. The minimum absolute atomic E-state index is 0. The molecule has 11 nitrogen and oxygen atoms in total. The van der Waals surface area contributed by atoms with E-state index in [1.54, 1.807) is 0 Å². The minimum atomic E-state index is -7.04. The molecule has 0 heterocycles. The van der Waals surface area contributed by atoms with Crippen molar-refractivity contribution in [1.29, 1.82) is 0 Å². The normalized spacial score (nSPS) is 16.4. The van der Waals surface area contributed by atoms with Crippen molar-refractivity contribution in [3.05, 3.63) is 0 Å². The molecule has 36 heteroatoms. The van der Waals surface area contributed by atoms with E-state index in [9.17, 15) is 130 Å². The Morgan fingerprint density at radius 2 is 0.917 bits per heavy atom. The van der Waals surface area contributed by atoms with Gasteiger partial charge in [-0.3, -0.25) is 9.53 Å². The van der Waals surface area contributed by atoms with Gasteiger partial charge in [-0.25, -0.2) is 18.0 Å². The van der Waals surface area contributed by atoms with Crippen LogP contribution in [-0.4, -0.2) is 101 Å². The third-order valence-electron chi connectivity index (χ3n) is 3.08. The summed E-state index contributed by atoms with van der Waals surface area (Å²) >= 11 is 0. The Bertz CT molecular complexity index is 1280. The Kier molecular flexibility index (Phi) is 19.8. The maximum atomic E-state index is 12.2. The van der Waals surface area contributed by atoms with E-state index in [2.05, 4.69) is 4.74 Å². The van der Waals surface area contributed by atoms with Crippen LogP contribution in [-0.2, 0) is 45.0 Å². The van der Waals surface area contributed by atoms with Crippen LogP contribution in [0.2, 0.25) is 0 Å². The number of carbonyl (C=O) groups is 2. The first-order valence-electron chi connectivity index (χ1n) is 8.99. The van der Waals surface area contributed by atoms with E-state index < -0.39 is 102 Å². The number of aliphatic carboxylic acids is 1. The number of rotatable bonds is 7. The highest BCUT2D eigenvalue weighted by Gasteiger charge is 2.74. The molecule has 3 unspecified atom stereocenters. The first-order chi connectivity index (χ1) is 19.7. The first kappa shape index (κ1) is 54.8. The number of hydrogen-bond acceptors (Lipinski definition) is 9. The number of carboxylic acid groups (broad SMARTS) is 1. The highest BCUT2D eigenvalue weighted by Crippen LogP contribution is 2.41. The van der Waals surface area contributed by atoms with E-state index in [0.717, 1.165) is 0 Å². The summed E-state index contributed by atoms with van der Waals surface area (Å²) in [5.41, 5.74) is -4.43. The van der Waals surface area contributed by atoms with Crippen molar-refractivity contribution in [3.63, 3.8) is 0 Å². The van der Waals surface area contributed by atoms with Crippen LogP contribution in [0.4, 0.5) is 95.1 Å². The van der Waals surface area contributed by atoms with Gasteiger partial charge >= 0.3 is 89.2 Å².